The lowest BCUT2D eigenvalue weighted by Crippen LogP contribution is -1.56. The third-order valence-corrected chi connectivity index (χ3v) is 0.303. The summed E-state index contributed by atoms with van der Waals surface area (Å²) in [6.07, 6.45) is 1.44. The molecule has 0 N–H and O–H groups in total. The molecule has 1 radical (unpaired) electrons. The summed E-state index contributed by atoms with van der Waals surface area (Å²) in [5, 5.41) is 1.42. The van der Waals surface area contributed by atoms with Gasteiger partial charge in [0.25, 0.3) is 0 Å². The number of hydrogen-bond acceptors (Lipinski definition) is 1. The topological polar surface area (TPSA) is 9.23 Å². The van der Waals surface area contributed by atoms with Gasteiger partial charge in [0.1, 0.15) is 0 Å². The van der Waals surface area contributed by atoms with Crippen LogP contribution in [0.1, 0.15) is 0 Å². The molecule has 0 rings (SSSR count). The van der Waals surface area contributed by atoms with Crippen molar-refractivity contribution in [3.63, 3.8) is 0 Å². The largest absolute Gasteiger partial charge is 0.503 e. The van der Waals surface area contributed by atoms with Crippen molar-refractivity contribution in [1.82, 2.24) is 0 Å². The number of rotatable bonds is 1. The highest BCUT2D eigenvalue weighted by molar-refractivity contribution is 7.83. The lowest BCUT2D eigenvalue weighted by Gasteiger charge is -1.75. The van der Waals surface area contributed by atoms with E-state index in [1.165, 1.54) is 11.7 Å². The van der Waals surface area contributed by atoms with E-state index in [9.17, 15) is 0 Å². The monoisotopic (exact) mass is 89.0 g/mol. The highest BCUT2D eigenvalue weighted by Gasteiger charge is 1.49. The highest BCUT2D eigenvalue weighted by atomic mass is 32.1. The van der Waals surface area contributed by atoms with Crippen molar-refractivity contribution in [1.29, 1.82) is 0 Å². The van der Waals surface area contributed by atoms with Gasteiger partial charge in [0.15, 0.2) is 0 Å². The van der Waals surface area contributed by atoms with Gasteiger partial charge < -0.3 is 4.74 Å². The second-order valence-corrected chi connectivity index (χ2v) is 0.780. The lowest BCUT2D eigenvalue weighted by atomic mass is 11.1. The lowest BCUT2D eigenvalue weighted by molar-refractivity contribution is 0.339. The zero-order valence-electron chi connectivity index (χ0n) is 2.97. The third-order valence-electron chi connectivity index (χ3n) is 0.192. The van der Waals surface area contributed by atoms with Crippen molar-refractivity contribution in [3.05, 3.63) is 11.7 Å². The van der Waals surface area contributed by atoms with Crippen molar-refractivity contribution < 1.29 is 4.74 Å². The molecular weight excluding hydrogens is 84.1 g/mol. The molecule has 0 unspecified atom stereocenters. The van der Waals surface area contributed by atoms with Gasteiger partial charge in [0.2, 0.25) is 0 Å². The van der Waals surface area contributed by atoms with E-state index < -0.39 is 0 Å². The molecule has 0 spiro atoms. The Hall–Kier alpha value is -0.240. The van der Waals surface area contributed by atoms with E-state index in [2.05, 4.69) is 17.4 Å². The van der Waals surface area contributed by atoms with Gasteiger partial charge in [-0.2, -0.15) is 0 Å². The fourth-order valence-corrected chi connectivity index (χ4v) is 0.167. The predicted molar refractivity (Wildman–Crippen MR) is 23.7 cm³/mol. The maximum absolute atomic E-state index is 4.41. The molecule has 0 saturated heterocycles. The molecule has 1 nitrogen and oxygen atoms in total. The van der Waals surface area contributed by atoms with Crippen LogP contribution in [0.3, 0.4) is 0 Å². The van der Waals surface area contributed by atoms with Crippen LogP contribution in [0.4, 0.5) is 0 Å². The molecular formula is C3H5OS. The average molecular weight is 89.1 g/mol. The summed E-state index contributed by atoms with van der Waals surface area (Å²) >= 11 is 4.35. The SMILES string of the molecule is COC=C[S]. The first-order chi connectivity index (χ1) is 2.41. The molecule has 29 valence electrons. The van der Waals surface area contributed by atoms with Crippen LogP contribution in [0.2, 0.25) is 0 Å². The Labute approximate surface area is 37.0 Å². The molecule has 0 fully saturated rings. The van der Waals surface area contributed by atoms with Gasteiger partial charge >= 0.3 is 0 Å². The summed E-state index contributed by atoms with van der Waals surface area (Å²) in [7, 11) is 1.56. The van der Waals surface area contributed by atoms with E-state index in [4.69, 9.17) is 0 Å². The van der Waals surface area contributed by atoms with Crippen LogP contribution in [0.5, 0.6) is 0 Å². The van der Waals surface area contributed by atoms with Crippen LogP contribution in [-0.2, 0) is 4.74 Å². The molecule has 0 bridgehead atoms. The molecule has 0 atom stereocenters. The smallest absolute Gasteiger partial charge is 0.0931 e. The summed E-state index contributed by atoms with van der Waals surface area (Å²) in [4.78, 5) is 0. The predicted octanol–water partition coefficient (Wildman–Crippen LogP) is 1.30. The summed E-state index contributed by atoms with van der Waals surface area (Å²) in [5.41, 5.74) is 0. The molecule has 0 aromatic rings. The standard InChI is InChI=1S/C3H5OS/c1-4-2-3-5/h2-3H,1H3. The van der Waals surface area contributed by atoms with E-state index >= 15 is 0 Å². The second kappa shape index (κ2) is 3.76. The molecule has 0 aliphatic carbocycles. The van der Waals surface area contributed by atoms with Gasteiger partial charge in [-0.15, -0.1) is 0 Å². The maximum atomic E-state index is 4.41. The molecule has 5 heavy (non-hydrogen) atoms. The minimum atomic E-state index is 1.42. The summed E-state index contributed by atoms with van der Waals surface area (Å²) in [5.74, 6) is 0. The van der Waals surface area contributed by atoms with E-state index in [-0.39, 0.29) is 0 Å². The molecule has 0 amide bonds. The second-order valence-electron chi connectivity index (χ2n) is 0.508. The molecule has 0 aliphatic heterocycles. The van der Waals surface area contributed by atoms with Crippen molar-refractivity contribution in [2.24, 2.45) is 0 Å². The van der Waals surface area contributed by atoms with Gasteiger partial charge in [0, 0.05) is 5.41 Å². The van der Waals surface area contributed by atoms with Gasteiger partial charge in [-0.25, -0.2) is 0 Å². The minimum absolute atomic E-state index is 1.42. The highest BCUT2D eigenvalue weighted by Crippen LogP contribution is 1.73. The zero-order chi connectivity index (χ0) is 4.12. The Morgan fingerprint density at radius 3 is 2.40 bits per heavy atom. The van der Waals surface area contributed by atoms with Crippen LogP contribution in [0, 0.1) is 0 Å². The first-order valence-corrected chi connectivity index (χ1v) is 1.68. The fourth-order valence-electron chi connectivity index (χ4n) is 0.0556. The normalized spacial score (nSPS) is 9.00. The molecule has 0 heterocycles. The Morgan fingerprint density at radius 1 is 1.80 bits per heavy atom. The Bertz CT molecular complexity index is 33.9. The van der Waals surface area contributed by atoms with Gasteiger partial charge in [-0.1, -0.05) is 12.6 Å². The summed E-state index contributed by atoms with van der Waals surface area (Å²) in [6.45, 7) is 0. The van der Waals surface area contributed by atoms with E-state index in [1.807, 2.05) is 0 Å². The van der Waals surface area contributed by atoms with E-state index in [0.29, 0.717) is 0 Å². The van der Waals surface area contributed by atoms with Gasteiger partial charge in [-0.3, -0.25) is 0 Å². The Kier molecular flexibility index (Phi) is 3.58. The number of hydrogen-bond donors (Lipinski definition) is 0. The van der Waals surface area contributed by atoms with Gasteiger partial charge in [-0.05, 0) is 0 Å². The van der Waals surface area contributed by atoms with Crippen molar-refractivity contribution in [2.45, 2.75) is 0 Å². The Balaban J connectivity index is 2.62. The third kappa shape index (κ3) is 3.76. The zero-order valence-corrected chi connectivity index (χ0v) is 3.79. The number of methoxy groups -OCH3 is 1. The van der Waals surface area contributed by atoms with E-state index in [1.54, 1.807) is 7.11 Å². The van der Waals surface area contributed by atoms with Crippen molar-refractivity contribution >= 4 is 12.6 Å². The molecule has 0 aliphatic rings. The van der Waals surface area contributed by atoms with Crippen LogP contribution < -0.4 is 0 Å². The van der Waals surface area contributed by atoms with E-state index in [0.717, 1.165) is 0 Å². The molecule has 0 aromatic heterocycles. The first kappa shape index (κ1) is 4.76. The first-order valence-electron chi connectivity index (χ1n) is 1.21. The maximum Gasteiger partial charge on any atom is 0.0931 e. The molecule has 0 saturated carbocycles. The minimum Gasteiger partial charge on any atom is -0.503 e. The van der Waals surface area contributed by atoms with Crippen molar-refractivity contribution in [3.8, 4) is 0 Å². The van der Waals surface area contributed by atoms with Crippen LogP contribution in [0.15, 0.2) is 11.7 Å². The summed E-state index contributed by atoms with van der Waals surface area (Å²) in [6, 6.07) is 0. The summed E-state index contributed by atoms with van der Waals surface area (Å²) < 4.78 is 4.41. The number of ether oxygens (including phenoxy) is 1. The Morgan fingerprint density at radius 2 is 2.40 bits per heavy atom. The van der Waals surface area contributed by atoms with Crippen molar-refractivity contribution in [2.75, 3.05) is 7.11 Å². The quantitative estimate of drug-likeness (QED) is 0.440. The van der Waals surface area contributed by atoms with Crippen LogP contribution in [0.25, 0.3) is 0 Å². The van der Waals surface area contributed by atoms with Crippen LogP contribution in [-0.4, -0.2) is 7.11 Å². The van der Waals surface area contributed by atoms with Crippen LogP contribution >= 0.6 is 12.6 Å². The molecule has 2 heteroatoms. The fraction of sp³-hybridized carbons (Fsp3) is 0.333. The molecule has 0 aromatic carbocycles. The van der Waals surface area contributed by atoms with Gasteiger partial charge in [0.05, 0.1) is 13.4 Å². The average Bonchev–Trinajstić information content (AvgIpc) is 1.41.